The van der Waals surface area contributed by atoms with Gasteiger partial charge in [0.15, 0.2) is 6.10 Å². The number of hydrogen-bond donors (Lipinski definition) is 1. The van der Waals surface area contributed by atoms with Crippen molar-refractivity contribution in [1.82, 2.24) is 4.90 Å². The van der Waals surface area contributed by atoms with Crippen LogP contribution in [0.4, 0.5) is 0 Å². The van der Waals surface area contributed by atoms with E-state index in [9.17, 15) is 9.90 Å². The van der Waals surface area contributed by atoms with Gasteiger partial charge >= 0.3 is 5.97 Å². The predicted octanol–water partition coefficient (Wildman–Crippen LogP) is 1.85. The van der Waals surface area contributed by atoms with Gasteiger partial charge in [0.25, 0.3) is 0 Å². The molecule has 5 heteroatoms. The number of hydrogen-bond acceptors (Lipinski definition) is 5. The van der Waals surface area contributed by atoms with E-state index in [1.54, 1.807) is 0 Å². The molecule has 1 aromatic carbocycles. The molecule has 0 aliphatic heterocycles. The summed E-state index contributed by atoms with van der Waals surface area (Å²) in [6.45, 7) is 3.16. The number of nitrogens with zero attached hydrogens (tertiary/aromatic N) is 1. The van der Waals surface area contributed by atoms with E-state index in [0.717, 1.165) is 36.1 Å². The molecule has 0 amide bonds. The molecular weight excluding hydrogens is 282 g/mol. The zero-order chi connectivity index (χ0) is 16.1. The minimum atomic E-state index is -0.400. The minimum absolute atomic E-state index is 0.318. The Hall–Kier alpha value is -1.43. The molecule has 1 N–H and O–H groups in total. The number of esters is 1. The molecule has 0 saturated carbocycles. The zero-order valence-electron chi connectivity index (χ0n) is 13.5. The molecule has 0 saturated heterocycles. The highest BCUT2D eigenvalue weighted by molar-refractivity contribution is 5.66. The van der Waals surface area contributed by atoms with Crippen molar-refractivity contribution in [2.75, 3.05) is 33.9 Å². The summed E-state index contributed by atoms with van der Waals surface area (Å²) in [5.74, 6) is -0.318. The molecule has 2 rings (SSSR count). The summed E-state index contributed by atoms with van der Waals surface area (Å²) in [7, 11) is 3.97. The molecule has 0 fully saturated rings. The van der Waals surface area contributed by atoms with E-state index in [-0.39, 0.29) is 12.1 Å². The van der Waals surface area contributed by atoms with Crippen LogP contribution in [0.15, 0.2) is 18.2 Å². The fourth-order valence-electron chi connectivity index (χ4n) is 2.65. The number of benzene rings is 1. The number of likely N-dealkylation sites (N-methyl/N-ethyl adjacent to an activating group) is 1. The van der Waals surface area contributed by atoms with Gasteiger partial charge in [-0.3, -0.25) is 4.79 Å². The number of rotatable bonds is 7. The van der Waals surface area contributed by atoms with Crippen molar-refractivity contribution in [3.63, 3.8) is 0 Å². The van der Waals surface area contributed by atoms with E-state index < -0.39 is 6.10 Å². The van der Waals surface area contributed by atoms with E-state index in [2.05, 4.69) is 0 Å². The van der Waals surface area contributed by atoms with E-state index in [0.29, 0.717) is 13.2 Å². The Kier molecular flexibility index (Phi) is 5.94. The van der Waals surface area contributed by atoms with Gasteiger partial charge in [-0.2, -0.15) is 0 Å². The second-order valence-electron chi connectivity index (χ2n) is 5.99. The number of fused-ring (bicyclic) bond motifs is 1. The first-order valence-corrected chi connectivity index (χ1v) is 7.68. The average Bonchev–Trinajstić information content (AvgIpc) is 2.82. The van der Waals surface area contributed by atoms with Crippen LogP contribution in [-0.4, -0.2) is 49.8 Å². The summed E-state index contributed by atoms with van der Waals surface area (Å²) < 4.78 is 11.0. The van der Waals surface area contributed by atoms with Gasteiger partial charge in [0.1, 0.15) is 0 Å². The van der Waals surface area contributed by atoms with Crippen LogP contribution >= 0.6 is 0 Å². The molecule has 1 aliphatic rings. The second-order valence-corrected chi connectivity index (χ2v) is 5.99. The van der Waals surface area contributed by atoms with Crippen LogP contribution in [-0.2, 0) is 20.7 Å². The normalized spacial score (nSPS) is 18.3. The lowest BCUT2D eigenvalue weighted by atomic mass is 10.0. The minimum Gasteiger partial charge on any atom is -0.455 e. The maximum absolute atomic E-state index is 11.3. The van der Waals surface area contributed by atoms with Crippen molar-refractivity contribution in [2.24, 2.45) is 0 Å². The van der Waals surface area contributed by atoms with E-state index in [4.69, 9.17) is 9.47 Å². The lowest BCUT2D eigenvalue weighted by Gasteiger charge is -2.19. The average molecular weight is 307 g/mol. The summed E-state index contributed by atoms with van der Waals surface area (Å²) in [6, 6.07) is 5.86. The molecule has 0 aromatic heterocycles. The lowest BCUT2D eigenvalue weighted by molar-refractivity contribution is -0.150. The highest BCUT2D eigenvalue weighted by atomic mass is 16.6. The summed E-state index contributed by atoms with van der Waals surface area (Å²) in [6.07, 6.45) is 0.852. The monoisotopic (exact) mass is 307 g/mol. The maximum Gasteiger partial charge on any atom is 0.303 e. The molecule has 2 atom stereocenters. The Balaban J connectivity index is 2.03. The Bertz CT molecular complexity index is 515. The molecule has 1 aromatic rings. The molecule has 0 bridgehead atoms. The number of aryl methyl sites for hydroxylation is 1. The fourth-order valence-corrected chi connectivity index (χ4v) is 2.65. The summed E-state index contributed by atoms with van der Waals surface area (Å²) >= 11 is 0. The van der Waals surface area contributed by atoms with Gasteiger partial charge in [-0.15, -0.1) is 0 Å². The summed E-state index contributed by atoms with van der Waals surface area (Å²) in [4.78, 5) is 13.4. The van der Waals surface area contributed by atoms with Crippen LogP contribution in [0.3, 0.4) is 0 Å². The molecule has 0 radical (unpaired) electrons. The zero-order valence-corrected chi connectivity index (χ0v) is 13.5. The highest BCUT2D eigenvalue weighted by Gasteiger charge is 2.23. The van der Waals surface area contributed by atoms with Gasteiger partial charge in [0, 0.05) is 13.5 Å². The number of carbonyl (C=O) groups excluding carboxylic acids is 1. The van der Waals surface area contributed by atoms with Crippen molar-refractivity contribution in [3.05, 3.63) is 34.9 Å². The summed E-state index contributed by atoms with van der Waals surface area (Å²) in [5.41, 5.74) is 3.04. The Morgan fingerprint density at radius 2 is 2.23 bits per heavy atom. The highest BCUT2D eigenvalue weighted by Crippen LogP contribution is 2.33. The van der Waals surface area contributed by atoms with Crippen molar-refractivity contribution < 1.29 is 19.4 Å². The molecule has 5 nitrogen and oxygen atoms in total. The van der Waals surface area contributed by atoms with Crippen LogP contribution in [0, 0.1) is 0 Å². The second kappa shape index (κ2) is 7.72. The van der Waals surface area contributed by atoms with Crippen molar-refractivity contribution in [1.29, 1.82) is 0 Å². The van der Waals surface area contributed by atoms with Gasteiger partial charge < -0.3 is 19.5 Å². The first-order valence-electron chi connectivity index (χ1n) is 7.68. The molecule has 2 unspecified atom stereocenters. The predicted molar refractivity (Wildman–Crippen MR) is 83.6 cm³/mol. The third kappa shape index (κ3) is 4.53. The Morgan fingerprint density at radius 1 is 1.45 bits per heavy atom. The lowest BCUT2D eigenvalue weighted by Crippen LogP contribution is -2.21. The van der Waals surface area contributed by atoms with Gasteiger partial charge in [0.05, 0.1) is 19.3 Å². The van der Waals surface area contributed by atoms with E-state index in [1.807, 2.05) is 37.2 Å². The third-order valence-corrected chi connectivity index (χ3v) is 3.85. The van der Waals surface area contributed by atoms with Crippen molar-refractivity contribution in [2.45, 2.75) is 32.0 Å². The van der Waals surface area contributed by atoms with Crippen molar-refractivity contribution in [3.8, 4) is 0 Å². The Labute approximate surface area is 131 Å². The molecule has 0 heterocycles. The van der Waals surface area contributed by atoms with Gasteiger partial charge in [0.2, 0.25) is 0 Å². The largest absolute Gasteiger partial charge is 0.455 e. The molecule has 0 spiro atoms. The van der Waals surface area contributed by atoms with Gasteiger partial charge in [-0.1, -0.05) is 18.2 Å². The molecule has 1 aliphatic carbocycles. The van der Waals surface area contributed by atoms with Crippen LogP contribution < -0.4 is 0 Å². The number of aliphatic hydroxyl groups excluding tert-OH is 1. The summed E-state index contributed by atoms with van der Waals surface area (Å²) in [5, 5.41) is 9.87. The van der Waals surface area contributed by atoms with Crippen LogP contribution in [0.25, 0.3) is 0 Å². The van der Waals surface area contributed by atoms with E-state index in [1.165, 1.54) is 6.92 Å². The van der Waals surface area contributed by atoms with Crippen molar-refractivity contribution >= 4 is 5.97 Å². The standard InChI is InChI=1S/C17H25NO4/c1-12(19)22-17(11-21-9-8-18(2)3)14-4-6-15-13(10-14)5-7-16(15)20/h4,6,10,16-17,20H,5,7-9,11H2,1-3H3. The first kappa shape index (κ1) is 16.9. The number of aliphatic hydroxyl groups is 1. The number of ether oxygens (including phenoxy) is 2. The molecule has 122 valence electrons. The smallest absolute Gasteiger partial charge is 0.303 e. The third-order valence-electron chi connectivity index (χ3n) is 3.85. The van der Waals surface area contributed by atoms with Crippen LogP contribution in [0.2, 0.25) is 0 Å². The quantitative estimate of drug-likeness (QED) is 0.615. The fraction of sp³-hybridized carbons (Fsp3) is 0.588. The van der Waals surface area contributed by atoms with Gasteiger partial charge in [-0.05, 0) is 43.6 Å². The van der Waals surface area contributed by atoms with E-state index >= 15 is 0 Å². The topological polar surface area (TPSA) is 59.0 Å². The van der Waals surface area contributed by atoms with Gasteiger partial charge in [-0.25, -0.2) is 0 Å². The van der Waals surface area contributed by atoms with Crippen LogP contribution in [0.5, 0.6) is 0 Å². The number of carbonyl (C=O) groups is 1. The SMILES string of the molecule is CC(=O)OC(COCCN(C)C)c1ccc2c(c1)CCC2O. The Morgan fingerprint density at radius 3 is 2.91 bits per heavy atom. The molecular formula is C17H25NO4. The van der Waals surface area contributed by atoms with Crippen LogP contribution in [0.1, 0.15) is 42.2 Å². The molecule has 22 heavy (non-hydrogen) atoms. The first-order chi connectivity index (χ1) is 10.5. The maximum atomic E-state index is 11.3.